The lowest BCUT2D eigenvalue weighted by Crippen LogP contribution is -2.32. The third-order valence-corrected chi connectivity index (χ3v) is 4.15. The number of unbranched alkanes of at least 4 members (excludes halogenated alkanes) is 1. The lowest BCUT2D eigenvalue weighted by molar-refractivity contribution is -0.115. The number of anilines is 1. The van der Waals surface area contributed by atoms with Crippen LogP contribution in [-0.4, -0.2) is 25.0 Å². The van der Waals surface area contributed by atoms with Gasteiger partial charge in [0.25, 0.3) is 5.91 Å². The zero-order valence-electron chi connectivity index (χ0n) is 14.3. The molecule has 0 heterocycles. The Kier molecular flexibility index (Phi) is 7.93. The Morgan fingerprint density at radius 3 is 2.67 bits per heavy atom. The Morgan fingerprint density at radius 2 is 1.93 bits per heavy atom. The van der Waals surface area contributed by atoms with Crippen LogP contribution in [0.2, 0.25) is 10.0 Å². The van der Waals surface area contributed by atoms with E-state index in [4.69, 9.17) is 33.2 Å². The fourth-order valence-electron chi connectivity index (χ4n) is 2.11. The van der Waals surface area contributed by atoms with Gasteiger partial charge in [-0.25, -0.2) is 0 Å². The summed E-state index contributed by atoms with van der Waals surface area (Å²) in [6.45, 7) is 0.219. The van der Waals surface area contributed by atoms with Crippen LogP contribution >= 0.6 is 23.2 Å². The van der Waals surface area contributed by atoms with Crippen LogP contribution in [-0.2, 0) is 4.79 Å². The first-order valence-corrected chi connectivity index (χ1v) is 8.88. The summed E-state index contributed by atoms with van der Waals surface area (Å²) in [5, 5.41) is 14.3. The van der Waals surface area contributed by atoms with E-state index in [0.717, 1.165) is 0 Å². The second kappa shape index (κ2) is 10.4. The smallest absolute Gasteiger partial charge is 0.251 e. The van der Waals surface area contributed by atoms with Gasteiger partial charge in [-0.1, -0.05) is 29.3 Å². The lowest BCUT2D eigenvalue weighted by atomic mass is 10.2. The first-order valence-electron chi connectivity index (χ1n) is 8.12. The van der Waals surface area contributed by atoms with E-state index in [0.29, 0.717) is 41.5 Å². The summed E-state index contributed by atoms with van der Waals surface area (Å²) in [6, 6.07) is 13.4. The predicted octanol–water partition coefficient (Wildman–Crippen LogP) is 4.04. The molecule has 0 saturated carbocycles. The maximum atomic E-state index is 12.1. The first kappa shape index (κ1) is 20.6. The predicted molar refractivity (Wildman–Crippen MR) is 104 cm³/mol. The van der Waals surface area contributed by atoms with Crippen molar-refractivity contribution < 1.29 is 14.3 Å². The Balaban J connectivity index is 1.83. The van der Waals surface area contributed by atoms with Crippen molar-refractivity contribution in [2.75, 3.05) is 18.5 Å². The highest BCUT2D eigenvalue weighted by Gasteiger charge is 2.10. The summed E-state index contributed by atoms with van der Waals surface area (Å²) in [4.78, 5) is 24.1. The van der Waals surface area contributed by atoms with Crippen molar-refractivity contribution in [3.8, 4) is 11.8 Å². The molecule has 0 fully saturated rings. The van der Waals surface area contributed by atoms with Crippen molar-refractivity contribution in [3.05, 3.63) is 58.1 Å². The second-order valence-corrected chi connectivity index (χ2v) is 6.31. The molecule has 0 aliphatic heterocycles. The highest BCUT2D eigenvalue weighted by atomic mass is 35.5. The quantitative estimate of drug-likeness (QED) is 0.648. The number of ether oxygens (including phenoxy) is 1. The summed E-state index contributed by atoms with van der Waals surface area (Å²) in [5.74, 6) is -0.228. The number of halogens is 2. The molecule has 2 amide bonds. The van der Waals surface area contributed by atoms with Gasteiger partial charge in [0.1, 0.15) is 5.75 Å². The number of nitrogens with one attached hydrogen (secondary N) is 2. The highest BCUT2D eigenvalue weighted by Crippen LogP contribution is 2.22. The molecular weight excluding hydrogens is 389 g/mol. The highest BCUT2D eigenvalue weighted by molar-refractivity contribution is 6.42. The van der Waals surface area contributed by atoms with Crippen molar-refractivity contribution in [2.24, 2.45) is 0 Å². The van der Waals surface area contributed by atoms with Gasteiger partial charge in [0.15, 0.2) is 0 Å². The van der Waals surface area contributed by atoms with Gasteiger partial charge in [0.2, 0.25) is 5.91 Å². The topological polar surface area (TPSA) is 91.2 Å². The van der Waals surface area contributed by atoms with Gasteiger partial charge in [-0.05, 0) is 36.8 Å². The maximum Gasteiger partial charge on any atom is 0.251 e. The van der Waals surface area contributed by atoms with Gasteiger partial charge in [-0.3, -0.25) is 9.59 Å². The minimum absolute atomic E-state index is 0.202. The number of hydrogen-bond acceptors (Lipinski definition) is 4. The molecule has 140 valence electrons. The van der Waals surface area contributed by atoms with E-state index in [9.17, 15) is 9.59 Å². The number of hydrogen-bond donors (Lipinski definition) is 2. The Hall–Kier alpha value is -2.75. The fourth-order valence-corrected chi connectivity index (χ4v) is 2.41. The van der Waals surface area contributed by atoms with Gasteiger partial charge in [0, 0.05) is 23.7 Å². The molecule has 0 aromatic heterocycles. The third kappa shape index (κ3) is 6.81. The summed E-state index contributed by atoms with van der Waals surface area (Å²) >= 11 is 11.7. The van der Waals surface area contributed by atoms with Crippen molar-refractivity contribution in [1.82, 2.24) is 5.32 Å². The number of carbonyl (C=O) groups excluding carboxylic acids is 2. The van der Waals surface area contributed by atoms with E-state index >= 15 is 0 Å². The van der Waals surface area contributed by atoms with E-state index in [1.165, 1.54) is 18.2 Å². The van der Waals surface area contributed by atoms with Crippen molar-refractivity contribution in [1.29, 1.82) is 5.26 Å². The lowest BCUT2D eigenvalue weighted by Gasteiger charge is -2.10. The number of carbonyl (C=O) groups is 2. The van der Waals surface area contributed by atoms with E-state index in [-0.39, 0.29) is 17.5 Å². The number of nitriles is 1. The number of benzene rings is 2. The van der Waals surface area contributed by atoms with Gasteiger partial charge >= 0.3 is 0 Å². The van der Waals surface area contributed by atoms with Crippen LogP contribution in [0.4, 0.5) is 5.69 Å². The number of amides is 2. The average Bonchev–Trinajstić information content (AvgIpc) is 2.66. The van der Waals surface area contributed by atoms with E-state index < -0.39 is 5.91 Å². The van der Waals surface area contributed by atoms with Crippen LogP contribution in [0.25, 0.3) is 0 Å². The van der Waals surface area contributed by atoms with Crippen LogP contribution in [0.15, 0.2) is 42.5 Å². The molecule has 2 aromatic carbocycles. The second-order valence-electron chi connectivity index (χ2n) is 5.50. The van der Waals surface area contributed by atoms with E-state index in [1.807, 2.05) is 6.07 Å². The Morgan fingerprint density at radius 1 is 1.11 bits per heavy atom. The first-order chi connectivity index (χ1) is 13.0. The molecule has 0 aliphatic rings. The number of nitrogens with zero attached hydrogens (tertiary/aromatic N) is 1. The monoisotopic (exact) mass is 405 g/mol. The fraction of sp³-hybridized carbons (Fsp3) is 0.211. The summed E-state index contributed by atoms with van der Waals surface area (Å²) in [7, 11) is 0. The SMILES string of the molecule is N#CCCCOc1cccc(NC(=O)CNC(=O)c2ccc(Cl)c(Cl)c2)c1. The van der Waals surface area contributed by atoms with Crippen LogP contribution in [0.3, 0.4) is 0 Å². The molecule has 0 bridgehead atoms. The molecule has 0 atom stereocenters. The summed E-state index contributed by atoms with van der Waals surface area (Å²) in [6.07, 6.45) is 1.06. The molecule has 27 heavy (non-hydrogen) atoms. The third-order valence-electron chi connectivity index (χ3n) is 3.41. The zero-order valence-corrected chi connectivity index (χ0v) is 15.8. The van der Waals surface area contributed by atoms with Crippen LogP contribution < -0.4 is 15.4 Å². The molecule has 8 heteroatoms. The molecule has 2 rings (SSSR count). The van der Waals surface area contributed by atoms with Crippen LogP contribution in [0, 0.1) is 11.3 Å². The van der Waals surface area contributed by atoms with E-state index in [2.05, 4.69) is 10.6 Å². The molecule has 0 spiro atoms. The van der Waals surface area contributed by atoms with Gasteiger partial charge in [0.05, 0.1) is 29.3 Å². The van der Waals surface area contributed by atoms with Gasteiger partial charge in [-0.2, -0.15) is 5.26 Å². The van der Waals surface area contributed by atoms with Gasteiger partial charge < -0.3 is 15.4 Å². The van der Waals surface area contributed by atoms with Crippen molar-refractivity contribution in [2.45, 2.75) is 12.8 Å². The zero-order chi connectivity index (χ0) is 19.6. The Labute approximate surface area is 167 Å². The van der Waals surface area contributed by atoms with Crippen LogP contribution in [0.5, 0.6) is 5.75 Å². The summed E-state index contributed by atoms with van der Waals surface area (Å²) in [5.41, 5.74) is 0.853. The average molecular weight is 406 g/mol. The van der Waals surface area contributed by atoms with Gasteiger partial charge in [-0.15, -0.1) is 0 Å². The maximum absolute atomic E-state index is 12.1. The van der Waals surface area contributed by atoms with Crippen molar-refractivity contribution in [3.63, 3.8) is 0 Å². The largest absolute Gasteiger partial charge is 0.493 e. The van der Waals surface area contributed by atoms with Crippen LogP contribution in [0.1, 0.15) is 23.2 Å². The minimum Gasteiger partial charge on any atom is -0.493 e. The molecule has 6 nitrogen and oxygen atoms in total. The molecular formula is C19H17Cl2N3O3. The molecule has 0 aliphatic carbocycles. The molecule has 0 radical (unpaired) electrons. The molecule has 0 unspecified atom stereocenters. The normalized spacial score (nSPS) is 9.96. The number of rotatable bonds is 8. The molecule has 2 N–H and O–H groups in total. The molecule has 0 saturated heterocycles. The molecule has 2 aromatic rings. The minimum atomic E-state index is -0.432. The van der Waals surface area contributed by atoms with Crippen molar-refractivity contribution >= 4 is 40.7 Å². The van der Waals surface area contributed by atoms with E-state index in [1.54, 1.807) is 24.3 Å². The standard InChI is InChI=1S/C19H17Cl2N3O3/c20-16-7-6-13(10-17(16)21)19(26)23-12-18(25)24-14-4-3-5-15(11-14)27-9-2-1-8-22/h3-7,10-11H,1-2,9,12H2,(H,23,26)(H,24,25). The Bertz CT molecular complexity index is 866. The summed E-state index contributed by atoms with van der Waals surface area (Å²) < 4.78 is 5.51.